The van der Waals surface area contributed by atoms with E-state index in [-0.39, 0.29) is 6.29 Å². The molecule has 0 unspecified atom stereocenters. The minimum atomic E-state index is -0.0790. The largest absolute Gasteiger partial charge is 0.494 e. The Hall–Kier alpha value is -1.91. The van der Waals surface area contributed by atoms with Gasteiger partial charge in [0, 0.05) is 24.1 Å². The third-order valence-corrected chi connectivity index (χ3v) is 7.16. The minimum Gasteiger partial charge on any atom is -0.494 e. The van der Waals surface area contributed by atoms with Crippen molar-refractivity contribution in [2.24, 2.45) is 5.92 Å². The van der Waals surface area contributed by atoms with Gasteiger partial charge in [0.05, 0.1) is 25.5 Å². The molecule has 3 rings (SSSR count). The monoisotopic (exact) mass is 495 g/mol. The van der Waals surface area contributed by atoms with E-state index in [9.17, 15) is 0 Å². The molecule has 0 aliphatic carbocycles. The maximum Gasteiger partial charge on any atom is 0.157 e. The molecule has 1 aliphatic heterocycles. The second-order valence-electron chi connectivity index (χ2n) is 10.4. The van der Waals surface area contributed by atoms with Gasteiger partial charge in [-0.3, -0.25) is 4.98 Å². The lowest BCUT2D eigenvalue weighted by Gasteiger charge is -2.29. The SMILES string of the molecule is CCCCCCCCC1COC(CCc2ccc(-c3ccc(OCCCCCCC)cc3)nc2)OC1. The molecule has 2 heterocycles. The van der Waals surface area contributed by atoms with Gasteiger partial charge in [-0.05, 0) is 55.2 Å². The van der Waals surface area contributed by atoms with Crippen molar-refractivity contribution in [3.05, 3.63) is 48.2 Å². The third-order valence-electron chi connectivity index (χ3n) is 7.16. The van der Waals surface area contributed by atoms with Crippen molar-refractivity contribution in [3.63, 3.8) is 0 Å². The van der Waals surface area contributed by atoms with E-state index in [0.29, 0.717) is 5.92 Å². The summed E-state index contributed by atoms with van der Waals surface area (Å²) in [5.41, 5.74) is 3.34. The Bertz CT molecular complexity index is 797. The molecule has 36 heavy (non-hydrogen) atoms. The zero-order chi connectivity index (χ0) is 25.3. The lowest BCUT2D eigenvalue weighted by atomic mass is 10.0. The van der Waals surface area contributed by atoms with Crippen LogP contribution in [0.3, 0.4) is 0 Å². The normalized spacial score (nSPS) is 17.8. The van der Waals surface area contributed by atoms with Gasteiger partial charge in [0.15, 0.2) is 6.29 Å². The van der Waals surface area contributed by atoms with Crippen molar-refractivity contribution < 1.29 is 14.2 Å². The summed E-state index contributed by atoms with van der Waals surface area (Å²) in [5.74, 6) is 1.50. The van der Waals surface area contributed by atoms with Crippen LogP contribution in [0.1, 0.15) is 103 Å². The molecule has 2 aromatic rings. The van der Waals surface area contributed by atoms with Crippen LogP contribution in [0.25, 0.3) is 11.3 Å². The molecule has 1 aliphatic rings. The summed E-state index contributed by atoms with van der Waals surface area (Å²) < 4.78 is 17.9. The maximum absolute atomic E-state index is 6.01. The summed E-state index contributed by atoms with van der Waals surface area (Å²) in [7, 11) is 0. The number of benzene rings is 1. The van der Waals surface area contributed by atoms with Crippen LogP contribution in [0.15, 0.2) is 42.6 Å². The second-order valence-corrected chi connectivity index (χ2v) is 10.4. The Morgan fingerprint density at radius 3 is 2.08 bits per heavy atom. The Kier molecular flexibility index (Phi) is 14.0. The first-order valence-corrected chi connectivity index (χ1v) is 14.7. The van der Waals surface area contributed by atoms with Crippen LogP contribution in [-0.2, 0) is 15.9 Å². The molecule has 0 N–H and O–H groups in total. The highest BCUT2D eigenvalue weighted by molar-refractivity contribution is 5.60. The molecule has 0 saturated carbocycles. The quantitative estimate of drug-likeness (QED) is 0.194. The Morgan fingerprint density at radius 2 is 1.42 bits per heavy atom. The van der Waals surface area contributed by atoms with Crippen molar-refractivity contribution >= 4 is 0 Å². The van der Waals surface area contributed by atoms with Crippen molar-refractivity contribution in [2.75, 3.05) is 19.8 Å². The third kappa shape index (κ3) is 11.0. The van der Waals surface area contributed by atoms with Crippen LogP contribution in [0.4, 0.5) is 0 Å². The minimum absolute atomic E-state index is 0.0790. The number of nitrogens with zero attached hydrogens (tertiary/aromatic N) is 1. The highest BCUT2D eigenvalue weighted by Crippen LogP contribution is 2.23. The van der Waals surface area contributed by atoms with Gasteiger partial charge in [-0.15, -0.1) is 0 Å². The molecule has 0 bridgehead atoms. The van der Waals surface area contributed by atoms with Gasteiger partial charge in [0.1, 0.15) is 5.75 Å². The zero-order valence-corrected chi connectivity index (χ0v) is 22.9. The fraction of sp³-hybridized carbons (Fsp3) is 0.656. The molecule has 1 aromatic heterocycles. The van der Waals surface area contributed by atoms with Crippen LogP contribution in [-0.4, -0.2) is 31.1 Å². The van der Waals surface area contributed by atoms with E-state index >= 15 is 0 Å². The molecule has 0 spiro atoms. The Morgan fingerprint density at radius 1 is 0.750 bits per heavy atom. The van der Waals surface area contributed by atoms with E-state index in [4.69, 9.17) is 19.2 Å². The number of hydrogen-bond donors (Lipinski definition) is 0. The summed E-state index contributed by atoms with van der Waals surface area (Å²) in [6.07, 6.45) is 19.3. The van der Waals surface area contributed by atoms with Crippen molar-refractivity contribution in [1.29, 1.82) is 0 Å². The zero-order valence-electron chi connectivity index (χ0n) is 22.9. The van der Waals surface area contributed by atoms with Gasteiger partial charge in [-0.1, -0.05) is 84.1 Å². The molecular formula is C32H49NO3. The number of pyridine rings is 1. The predicted octanol–water partition coefficient (Wildman–Crippen LogP) is 8.77. The van der Waals surface area contributed by atoms with Gasteiger partial charge < -0.3 is 14.2 Å². The van der Waals surface area contributed by atoms with Crippen molar-refractivity contribution in [3.8, 4) is 17.0 Å². The first kappa shape index (κ1) is 28.7. The lowest BCUT2D eigenvalue weighted by molar-refractivity contribution is -0.203. The lowest BCUT2D eigenvalue weighted by Crippen LogP contribution is -2.32. The van der Waals surface area contributed by atoms with E-state index in [0.717, 1.165) is 56.1 Å². The summed E-state index contributed by atoms with van der Waals surface area (Å²) >= 11 is 0. The molecule has 1 saturated heterocycles. The van der Waals surface area contributed by atoms with E-state index in [2.05, 4.69) is 50.2 Å². The van der Waals surface area contributed by atoms with Crippen LogP contribution in [0, 0.1) is 5.92 Å². The van der Waals surface area contributed by atoms with Crippen LogP contribution < -0.4 is 4.74 Å². The van der Waals surface area contributed by atoms with E-state index in [1.807, 2.05) is 6.20 Å². The first-order chi connectivity index (χ1) is 17.8. The van der Waals surface area contributed by atoms with E-state index < -0.39 is 0 Å². The molecule has 4 nitrogen and oxygen atoms in total. The standard InChI is InChI=1S/C32H49NO3/c1-3-5-7-9-10-12-14-28-25-35-32(36-26-28)22-16-27-15-21-31(33-24-27)29-17-19-30(20-18-29)34-23-13-11-8-6-4-2/h15,17-21,24,28,32H,3-14,16,22-23,25-26H2,1-2H3. The molecule has 0 radical (unpaired) electrons. The number of ether oxygens (including phenoxy) is 3. The van der Waals surface area contributed by atoms with Gasteiger partial charge in [0.2, 0.25) is 0 Å². The number of aromatic nitrogens is 1. The average Bonchev–Trinajstić information content (AvgIpc) is 2.93. The van der Waals surface area contributed by atoms with E-state index in [1.165, 1.54) is 76.2 Å². The van der Waals surface area contributed by atoms with E-state index in [1.54, 1.807) is 0 Å². The summed E-state index contributed by atoms with van der Waals surface area (Å²) in [4.78, 5) is 4.70. The molecule has 0 atom stereocenters. The van der Waals surface area contributed by atoms with Gasteiger partial charge >= 0.3 is 0 Å². The summed E-state index contributed by atoms with van der Waals surface area (Å²) in [6, 6.07) is 12.6. The molecule has 0 amide bonds. The molecule has 4 heteroatoms. The number of hydrogen-bond acceptors (Lipinski definition) is 4. The smallest absolute Gasteiger partial charge is 0.157 e. The fourth-order valence-electron chi connectivity index (χ4n) is 4.77. The molecule has 200 valence electrons. The Balaban J connectivity index is 1.30. The highest BCUT2D eigenvalue weighted by atomic mass is 16.7. The van der Waals surface area contributed by atoms with Crippen LogP contribution >= 0.6 is 0 Å². The van der Waals surface area contributed by atoms with Gasteiger partial charge in [-0.2, -0.15) is 0 Å². The summed E-state index contributed by atoms with van der Waals surface area (Å²) in [6.45, 7) is 6.99. The first-order valence-electron chi connectivity index (χ1n) is 14.7. The van der Waals surface area contributed by atoms with Gasteiger partial charge in [-0.25, -0.2) is 0 Å². The van der Waals surface area contributed by atoms with Crippen LogP contribution in [0.5, 0.6) is 5.75 Å². The molecule has 1 aromatic carbocycles. The molecule has 1 fully saturated rings. The van der Waals surface area contributed by atoms with Crippen molar-refractivity contribution in [1.82, 2.24) is 4.98 Å². The number of aryl methyl sites for hydroxylation is 1. The summed E-state index contributed by atoms with van der Waals surface area (Å²) in [5, 5.41) is 0. The van der Waals surface area contributed by atoms with Crippen molar-refractivity contribution in [2.45, 2.75) is 110 Å². The Labute approximate surface area is 220 Å². The molecular weight excluding hydrogens is 446 g/mol. The topological polar surface area (TPSA) is 40.6 Å². The van der Waals surface area contributed by atoms with Gasteiger partial charge in [0.25, 0.3) is 0 Å². The number of rotatable bonds is 18. The fourth-order valence-corrected chi connectivity index (χ4v) is 4.77. The maximum atomic E-state index is 6.01. The average molecular weight is 496 g/mol. The predicted molar refractivity (Wildman–Crippen MR) is 149 cm³/mol. The number of unbranched alkanes of at least 4 members (excludes halogenated alkanes) is 9. The van der Waals surface area contributed by atoms with Crippen LogP contribution in [0.2, 0.25) is 0 Å². The second kappa shape index (κ2) is 17.5. The highest BCUT2D eigenvalue weighted by Gasteiger charge is 2.21.